The number of halogens is 1. The third kappa shape index (κ3) is 5.91. The number of ether oxygens (including phenoxy) is 3. The highest BCUT2D eigenvalue weighted by atomic mass is 19.1. The number of carbonyl (C=O) groups is 2. The van der Waals surface area contributed by atoms with E-state index in [4.69, 9.17) is 14.2 Å². The lowest BCUT2D eigenvalue weighted by Crippen LogP contribution is -2.34. The van der Waals surface area contributed by atoms with Gasteiger partial charge in [-0.3, -0.25) is 19.1 Å². The highest BCUT2D eigenvalue weighted by Gasteiger charge is 2.40. The minimum atomic E-state index is -1.15. The summed E-state index contributed by atoms with van der Waals surface area (Å²) in [5.41, 5.74) is -1.66. The molecule has 172 valence electrons. The van der Waals surface area contributed by atoms with Crippen LogP contribution < -0.4 is 11.2 Å². The Kier molecular flexibility index (Phi) is 7.93. The average Bonchev–Trinajstić information content (AvgIpc) is 3.17. The van der Waals surface area contributed by atoms with Crippen LogP contribution in [-0.2, 0) is 19.0 Å². The van der Waals surface area contributed by atoms with E-state index in [2.05, 4.69) is 0 Å². The Morgan fingerprint density at radius 2 is 1.97 bits per heavy atom. The molecule has 0 spiro atoms. The van der Waals surface area contributed by atoms with E-state index in [0.717, 1.165) is 23.6 Å². The Labute approximate surface area is 183 Å². The summed E-state index contributed by atoms with van der Waals surface area (Å²) in [7, 11) is 0. The van der Waals surface area contributed by atoms with E-state index >= 15 is 0 Å². The van der Waals surface area contributed by atoms with Gasteiger partial charge in [0.25, 0.3) is 5.56 Å². The predicted octanol–water partition coefficient (Wildman–Crippen LogP) is 2.31. The predicted molar refractivity (Wildman–Crippen MR) is 111 cm³/mol. The molecule has 0 bridgehead atoms. The number of carbonyl (C=O) groups excluding carboxylic acids is 2. The number of nitrogens with one attached hydrogen (secondary N) is 1. The quantitative estimate of drug-likeness (QED) is 0.462. The van der Waals surface area contributed by atoms with E-state index in [1.807, 2.05) is 11.9 Å². The number of rotatable bonds is 9. The number of nitrogens with zero attached hydrogens (tertiary/aromatic N) is 1. The van der Waals surface area contributed by atoms with Gasteiger partial charge in [-0.25, -0.2) is 9.59 Å². The third-order valence-corrected chi connectivity index (χ3v) is 5.07. The van der Waals surface area contributed by atoms with Crippen LogP contribution in [0.5, 0.6) is 0 Å². The lowest BCUT2D eigenvalue weighted by atomic mass is 10.1. The number of H-pyrrole nitrogens is 1. The van der Waals surface area contributed by atoms with Crippen LogP contribution in [0, 0.1) is 5.82 Å². The first-order valence-corrected chi connectivity index (χ1v) is 10.5. The minimum absolute atomic E-state index is 0.0263. The summed E-state index contributed by atoms with van der Waals surface area (Å²) in [5, 5.41) is 0. The van der Waals surface area contributed by atoms with Gasteiger partial charge in [0.2, 0.25) is 5.82 Å². The zero-order chi connectivity index (χ0) is 23.1. The Hall–Kier alpha value is -3.27. The van der Waals surface area contributed by atoms with Crippen molar-refractivity contribution in [2.24, 2.45) is 0 Å². The first-order chi connectivity index (χ1) is 15.4. The van der Waals surface area contributed by atoms with Gasteiger partial charge in [-0.15, -0.1) is 0 Å². The summed E-state index contributed by atoms with van der Waals surface area (Å²) in [5.74, 6) is -2.18. The van der Waals surface area contributed by atoms with Gasteiger partial charge in [0.15, 0.2) is 0 Å². The van der Waals surface area contributed by atoms with E-state index in [0.29, 0.717) is 12.0 Å². The second-order valence-electron chi connectivity index (χ2n) is 7.46. The summed E-state index contributed by atoms with van der Waals surface area (Å²) in [6.07, 6.45) is 0.780. The maximum Gasteiger partial charge on any atom is 0.338 e. The Morgan fingerprint density at radius 1 is 1.22 bits per heavy atom. The van der Waals surface area contributed by atoms with Crippen LogP contribution in [0.1, 0.15) is 55.6 Å². The number of aromatic nitrogens is 2. The topological polar surface area (TPSA) is 117 Å². The van der Waals surface area contributed by atoms with Gasteiger partial charge in [0, 0.05) is 12.8 Å². The van der Waals surface area contributed by atoms with Gasteiger partial charge in [0.1, 0.15) is 25.0 Å². The molecule has 1 unspecified atom stereocenters. The molecule has 1 fully saturated rings. The first kappa shape index (κ1) is 23.4. The summed E-state index contributed by atoms with van der Waals surface area (Å²) in [4.78, 5) is 49.8. The maximum absolute atomic E-state index is 13.7. The molecule has 1 saturated heterocycles. The van der Waals surface area contributed by atoms with Crippen LogP contribution in [0.4, 0.5) is 4.39 Å². The lowest BCUT2D eigenvalue weighted by Gasteiger charge is -2.19. The fourth-order valence-corrected chi connectivity index (χ4v) is 3.38. The van der Waals surface area contributed by atoms with E-state index < -0.39 is 47.4 Å². The van der Waals surface area contributed by atoms with E-state index in [-0.39, 0.29) is 19.4 Å². The van der Waals surface area contributed by atoms with Crippen molar-refractivity contribution in [2.45, 2.75) is 57.5 Å². The van der Waals surface area contributed by atoms with Crippen molar-refractivity contribution >= 4 is 11.9 Å². The number of hydrogen-bond acceptors (Lipinski definition) is 7. The number of unbranched alkanes of at least 4 members (excludes halogenated alkanes) is 2. The number of benzene rings is 1. The smallest absolute Gasteiger partial charge is 0.338 e. The Balaban J connectivity index is 1.72. The van der Waals surface area contributed by atoms with Crippen molar-refractivity contribution in [1.29, 1.82) is 0 Å². The van der Waals surface area contributed by atoms with E-state index in [1.165, 1.54) is 0 Å². The van der Waals surface area contributed by atoms with E-state index in [1.54, 1.807) is 30.3 Å². The molecule has 3 rings (SSSR count). The van der Waals surface area contributed by atoms with Gasteiger partial charge < -0.3 is 14.2 Å². The van der Waals surface area contributed by atoms with Crippen molar-refractivity contribution in [3.63, 3.8) is 0 Å². The van der Waals surface area contributed by atoms with Crippen LogP contribution in [0.15, 0.2) is 46.1 Å². The fourth-order valence-electron chi connectivity index (χ4n) is 3.38. The molecule has 2 aromatic rings. The molecular formula is C22H25FN2O7. The average molecular weight is 448 g/mol. The Morgan fingerprint density at radius 3 is 2.69 bits per heavy atom. The summed E-state index contributed by atoms with van der Waals surface area (Å²) in [6, 6.07) is 8.33. The van der Waals surface area contributed by atoms with Crippen molar-refractivity contribution < 1.29 is 28.2 Å². The molecule has 1 N–H and O–H groups in total. The first-order valence-electron chi connectivity index (χ1n) is 10.5. The number of hydrogen-bond donors (Lipinski definition) is 1. The summed E-state index contributed by atoms with van der Waals surface area (Å²) < 4.78 is 31.2. The Bertz CT molecular complexity index is 1050. The molecule has 9 nitrogen and oxygen atoms in total. The van der Waals surface area contributed by atoms with Crippen LogP contribution in [0.25, 0.3) is 0 Å². The third-order valence-electron chi connectivity index (χ3n) is 5.07. The van der Waals surface area contributed by atoms with Crippen molar-refractivity contribution in [3.05, 3.63) is 68.7 Å². The van der Waals surface area contributed by atoms with Gasteiger partial charge >= 0.3 is 17.6 Å². The molecule has 0 aliphatic carbocycles. The number of aromatic amines is 1. The van der Waals surface area contributed by atoms with Crippen molar-refractivity contribution in [3.8, 4) is 0 Å². The molecule has 1 aliphatic heterocycles. The van der Waals surface area contributed by atoms with Gasteiger partial charge in [-0.2, -0.15) is 4.39 Å². The second kappa shape index (κ2) is 10.9. The molecule has 32 heavy (non-hydrogen) atoms. The highest BCUT2D eigenvalue weighted by Crippen LogP contribution is 2.30. The highest BCUT2D eigenvalue weighted by molar-refractivity contribution is 5.89. The van der Waals surface area contributed by atoms with Crippen LogP contribution >= 0.6 is 0 Å². The van der Waals surface area contributed by atoms with Crippen molar-refractivity contribution in [1.82, 2.24) is 9.55 Å². The fraction of sp³-hybridized carbons (Fsp3) is 0.455. The summed E-state index contributed by atoms with van der Waals surface area (Å²) >= 11 is 0. The number of esters is 2. The molecule has 0 radical (unpaired) electrons. The minimum Gasteiger partial charge on any atom is -0.459 e. The molecule has 1 aromatic heterocycles. The van der Waals surface area contributed by atoms with Gasteiger partial charge in [0.05, 0.1) is 11.8 Å². The molecule has 2 heterocycles. The maximum atomic E-state index is 13.7. The normalized spacial score (nSPS) is 20.1. The molecule has 10 heteroatoms. The zero-order valence-electron chi connectivity index (χ0n) is 17.6. The largest absolute Gasteiger partial charge is 0.459 e. The lowest BCUT2D eigenvalue weighted by molar-refractivity contribution is -0.153. The monoisotopic (exact) mass is 448 g/mol. The SMILES string of the molecule is CCCCCC(=O)OC1C[C@@H](n2cc(F)c(=O)[nH]c2=O)O[C@H]1COC(=O)c1ccccc1. The van der Waals surface area contributed by atoms with Crippen LogP contribution in [0.3, 0.4) is 0 Å². The molecule has 1 aromatic carbocycles. The molecule has 0 saturated carbocycles. The van der Waals surface area contributed by atoms with E-state index in [9.17, 15) is 23.6 Å². The summed E-state index contributed by atoms with van der Waals surface area (Å²) in [6.45, 7) is 1.77. The van der Waals surface area contributed by atoms with Crippen LogP contribution in [-0.4, -0.2) is 40.3 Å². The van der Waals surface area contributed by atoms with Gasteiger partial charge in [-0.1, -0.05) is 38.0 Å². The molecular weight excluding hydrogens is 423 g/mol. The molecule has 0 amide bonds. The van der Waals surface area contributed by atoms with Crippen molar-refractivity contribution in [2.75, 3.05) is 6.61 Å². The zero-order valence-corrected chi connectivity index (χ0v) is 17.6. The standard InChI is InChI=1S/C22H25FN2O7/c1-2-3-5-10-19(26)32-16-11-18(25-12-15(23)20(27)24-22(25)29)31-17(16)13-30-21(28)14-8-6-4-7-9-14/h4,6-9,12,16-18H,2-3,5,10-11,13H2,1H3,(H,24,27,29)/t16?,17-,18-/m0/s1. The second-order valence-corrected chi connectivity index (χ2v) is 7.46. The molecule has 1 aliphatic rings. The van der Waals surface area contributed by atoms with Crippen LogP contribution in [0.2, 0.25) is 0 Å². The van der Waals surface area contributed by atoms with Gasteiger partial charge in [-0.05, 0) is 18.6 Å². The molecule has 3 atom stereocenters.